The predicted molar refractivity (Wildman–Crippen MR) is 143 cm³/mol. The Morgan fingerprint density at radius 3 is 2.17 bits per heavy atom. The third kappa shape index (κ3) is 9.99. The number of nitrogens with one attached hydrogen (secondary N) is 2. The minimum atomic E-state index is -1.80. The molecule has 0 aromatic heterocycles. The van der Waals surface area contributed by atoms with E-state index in [2.05, 4.69) is 15.8 Å². The molecule has 228 valence electrons. The average molecular weight is 632 g/mol. The number of carbonyl (C=O) groups excluding carboxylic acids is 4. The summed E-state index contributed by atoms with van der Waals surface area (Å²) in [7, 11) is 0. The number of benzene rings is 1. The summed E-state index contributed by atoms with van der Waals surface area (Å²) in [5.41, 5.74) is -1.96. The number of rotatable bonds is 16. The van der Waals surface area contributed by atoms with Crippen LogP contribution in [0.5, 0.6) is 0 Å². The summed E-state index contributed by atoms with van der Waals surface area (Å²) in [4.78, 5) is 88.9. The molecule has 5 N–H and O–H groups in total. The van der Waals surface area contributed by atoms with Crippen molar-refractivity contribution in [2.75, 3.05) is 6.61 Å². The Morgan fingerprint density at radius 2 is 1.60 bits per heavy atom. The molecule has 0 aliphatic carbocycles. The van der Waals surface area contributed by atoms with Crippen molar-refractivity contribution in [1.82, 2.24) is 10.6 Å². The van der Waals surface area contributed by atoms with Crippen LogP contribution in [0, 0.1) is 0 Å². The highest BCUT2D eigenvalue weighted by molar-refractivity contribution is 6.39. The van der Waals surface area contributed by atoms with Gasteiger partial charge < -0.3 is 35.5 Å². The van der Waals surface area contributed by atoms with Gasteiger partial charge in [-0.2, -0.15) is 0 Å². The summed E-state index contributed by atoms with van der Waals surface area (Å²) in [6.07, 6.45) is -2.60. The zero-order chi connectivity index (χ0) is 31.6. The molecule has 0 bridgehead atoms. The van der Waals surface area contributed by atoms with Gasteiger partial charge in [0.1, 0.15) is 6.04 Å². The summed E-state index contributed by atoms with van der Waals surface area (Å²) >= 11 is 11.9. The SMILES string of the molecule is CC1(C(=O)N[C@@H](CC(=O)O)C(=O)COC(=O)c2c(Cl)cccc2Cl)CC([C@H](CCC(=O)O)NC(=O)CCC(=O)O)=NO1. The van der Waals surface area contributed by atoms with E-state index in [9.17, 15) is 38.7 Å². The van der Waals surface area contributed by atoms with E-state index in [-0.39, 0.29) is 34.2 Å². The summed E-state index contributed by atoms with van der Waals surface area (Å²) < 4.78 is 4.93. The standard InChI is InChI=1S/C25H27Cl2N3O12/c1-25(10-16(30-42-25)14(5-7-19(33)34)28-18(32)6-8-20(35)36)24(40)29-15(9-21(37)38)17(31)11-41-23(39)22-12(26)3-2-4-13(22)27/h2-4,14-15H,5-11H2,1H3,(H,28,32)(H,29,40)(H,33,34)(H,35,36)(H,37,38)/t14-,15-,25?/m0/s1. The number of oxime groups is 1. The number of ketones is 1. The molecule has 2 rings (SSSR count). The van der Waals surface area contributed by atoms with Crippen LogP contribution < -0.4 is 10.6 Å². The second kappa shape index (κ2) is 15.1. The Bertz CT molecular complexity index is 1280. The highest BCUT2D eigenvalue weighted by atomic mass is 35.5. The summed E-state index contributed by atoms with van der Waals surface area (Å²) in [5, 5.41) is 35.5. The number of hydrogen-bond acceptors (Lipinski definition) is 10. The molecule has 42 heavy (non-hydrogen) atoms. The molecule has 15 nitrogen and oxygen atoms in total. The highest BCUT2D eigenvalue weighted by Crippen LogP contribution is 2.27. The smallest absolute Gasteiger partial charge is 0.341 e. The number of carbonyl (C=O) groups is 7. The third-order valence-electron chi connectivity index (χ3n) is 5.90. The largest absolute Gasteiger partial charge is 0.481 e. The maximum absolute atomic E-state index is 13.1. The monoisotopic (exact) mass is 631 g/mol. The van der Waals surface area contributed by atoms with Gasteiger partial charge in [-0.3, -0.25) is 28.8 Å². The third-order valence-corrected chi connectivity index (χ3v) is 6.53. The number of halogens is 2. The molecule has 2 amide bonds. The van der Waals surface area contributed by atoms with Crippen LogP contribution in [-0.2, 0) is 38.3 Å². The van der Waals surface area contributed by atoms with Crippen molar-refractivity contribution in [3.05, 3.63) is 33.8 Å². The van der Waals surface area contributed by atoms with Gasteiger partial charge in [-0.25, -0.2) is 4.79 Å². The first kappa shape index (κ1) is 34.0. The van der Waals surface area contributed by atoms with Crippen molar-refractivity contribution in [3.8, 4) is 0 Å². The molecule has 1 heterocycles. The van der Waals surface area contributed by atoms with Crippen molar-refractivity contribution >= 4 is 70.4 Å². The van der Waals surface area contributed by atoms with Crippen molar-refractivity contribution in [3.63, 3.8) is 0 Å². The normalized spacial score (nSPS) is 17.2. The van der Waals surface area contributed by atoms with Gasteiger partial charge in [-0.05, 0) is 25.5 Å². The van der Waals surface area contributed by atoms with Gasteiger partial charge in [0.05, 0.1) is 40.2 Å². The van der Waals surface area contributed by atoms with Crippen LogP contribution in [0.15, 0.2) is 23.4 Å². The maximum Gasteiger partial charge on any atom is 0.341 e. The van der Waals surface area contributed by atoms with E-state index >= 15 is 0 Å². The Kier molecular flexibility index (Phi) is 12.2. The van der Waals surface area contributed by atoms with Crippen LogP contribution in [0.4, 0.5) is 0 Å². The number of esters is 1. The number of amides is 2. The molecule has 0 radical (unpaired) electrons. The molecular formula is C25H27Cl2N3O12. The second-order valence-electron chi connectivity index (χ2n) is 9.29. The Balaban J connectivity index is 2.09. The average Bonchev–Trinajstić information content (AvgIpc) is 3.30. The molecule has 0 spiro atoms. The van der Waals surface area contributed by atoms with Gasteiger partial charge in [0, 0.05) is 19.3 Å². The van der Waals surface area contributed by atoms with Gasteiger partial charge in [0.25, 0.3) is 5.91 Å². The van der Waals surface area contributed by atoms with E-state index in [0.717, 1.165) is 0 Å². The lowest BCUT2D eigenvalue weighted by Crippen LogP contribution is -2.53. The predicted octanol–water partition coefficient (Wildman–Crippen LogP) is 1.43. The van der Waals surface area contributed by atoms with Gasteiger partial charge in [-0.15, -0.1) is 0 Å². The highest BCUT2D eigenvalue weighted by Gasteiger charge is 2.45. The number of aliphatic carboxylic acids is 3. The second-order valence-corrected chi connectivity index (χ2v) is 10.1. The number of carboxylic acids is 3. The van der Waals surface area contributed by atoms with E-state index in [1.807, 2.05) is 0 Å². The Labute approximate surface area is 248 Å². The molecule has 1 aliphatic heterocycles. The van der Waals surface area contributed by atoms with Crippen LogP contribution in [0.1, 0.15) is 55.8 Å². The molecule has 3 atom stereocenters. The van der Waals surface area contributed by atoms with Crippen molar-refractivity contribution in [2.24, 2.45) is 5.16 Å². The molecule has 1 unspecified atom stereocenters. The molecule has 1 aromatic rings. The summed E-state index contributed by atoms with van der Waals surface area (Å²) in [6.45, 7) is 0.332. The van der Waals surface area contributed by atoms with E-state index in [0.29, 0.717) is 0 Å². The van der Waals surface area contributed by atoms with Crippen LogP contribution in [-0.4, -0.2) is 86.8 Å². The fourth-order valence-corrected chi connectivity index (χ4v) is 4.24. The first-order valence-corrected chi connectivity index (χ1v) is 13.0. The van der Waals surface area contributed by atoms with Gasteiger partial charge in [0.2, 0.25) is 11.5 Å². The first-order chi connectivity index (χ1) is 19.6. The van der Waals surface area contributed by atoms with Gasteiger partial charge in [-0.1, -0.05) is 34.4 Å². The minimum Gasteiger partial charge on any atom is -0.481 e. The van der Waals surface area contributed by atoms with E-state index < -0.39 is 91.4 Å². The van der Waals surface area contributed by atoms with Gasteiger partial charge >= 0.3 is 23.9 Å². The van der Waals surface area contributed by atoms with Crippen molar-refractivity contribution in [1.29, 1.82) is 0 Å². The van der Waals surface area contributed by atoms with Crippen LogP contribution in [0.2, 0.25) is 10.0 Å². The van der Waals surface area contributed by atoms with Gasteiger partial charge in [0.15, 0.2) is 12.4 Å². The van der Waals surface area contributed by atoms with Crippen LogP contribution in [0.3, 0.4) is 0 Å². The molecule has 0 fully saturated rings. The van der Waals surface area contributed by atoms with Crippen molar-refractivity contribution in [2.45, 2.75) is 63.1 Å². The minimum absolute atomic E-state index is 0.0443. The first-order valence-electron chi connectivity index (χ1n) is 12.3. The molecule has 1 aliphatic rings. The molecule has 1 aromatic carbocycles. The van der Waals surface area contributed by atoms with Crippen molar-refractivity contribution < 1.29 is 58.5 Å². The number of nitrogens with zero attached hydrogens (tertiary/aromatic N) is 1. The number of carboxylic acid groups (broad SMARTS) is 3. The zero-order valence-electron chi connectivity index (χ0n) is 22.1. The molecule has 0 saturated heterocycles. The fourth-order valence-electron chi connectivity index (χ4n) is 3.69. The molecule has 17 heteroatoms. The van der Waals surface area contributed by atoms with E-state index in [1.54, 1.807) is 0 Å². The number of hydrogen-bond donors (Lipinski definition) is 5. The lowest BCUT2D eigenvalue weighted by atomic mass is 9.92. The zero-order valence-corrected chi connectivity index (χ0v) is 23.6. The maximum atomic E-state index is 13.1. The molecule has 0 saturated carbocycles. The summed E-state index contributed by atoms with van der Waals surface area (Å²) in [5.74, 6) is -7.57. The topological polar surface area (TPSA) is 235 Å². The Hall–Kier alpha value is -4.24. The van der Waals surface area contributed by atoms with E-state index in [4.69, 9.17) is 43.0 Å². The number of ether oxygens (including phenoxy) is 1. The molecular weight excluding hydrogens is 605 g/mol. The quantitative estimate of drug-likeness (QED) is 0.163. The van der Waals surface area contributed by atoms with Crippen LogP contribution >= 0.6 is 23.2 Å². The van der Waals surface area contributed by atoms with Crippen LogP contribution in [0.25, 0.3) is 0 Å². The fraction of sp³-hybridized carbons (Fsp3) is 0.440. The number of Topliss-reactive ketones (excluding diaryl/α,β-unsaturated/α-hetero) is 1. The lowest BCUT2D eigenvalue weighted by Gasteiger charge is -2.24. The lowest BCUT2D eigenvalue weighted by molar-refractivity contribution is -0.146. The van der Waals surface area contributed by atoms with E-state index in [1.165, 1.54) is 25.1 Å². The summed E-state index contributed by atoms with van der Waals surface area (Å²) in [6, 6.07) is 1.53. The Morgan fingerprint density at radius 1 is 0.976 bits per heavy atom.